The van der Waals surface area contributed by atoms with E-state index in [1.54, 1.807) is 39.4 Å². The number of anilines is 5. The molecule has 12 nitrogen and oxygen atoms in total. The van der Waals surface area contributed by atoms with Gasteiger partial charge in [0, 0.05) is 84.2 Å². The summed E-state index contributed by atoms with van der Waals surface area (Å²) >= 11 is 6.60. The number of nitrogens with one attached hydrogen (secondary N) is 2. The Morgan fingerprint density at radius 2 is 1.57 bits per heavy atom. The van der Waals surface area contributed by atoms with Crippen LogP contribution in [0.25, 0.3) is 0 Å². The molecule has 0 bridgehead atoms. The summed E-state index contributed by atoms with van der Waals surface area (Å²) in [6.07, 6.45) is 5.59. The van der Waals surface area contributed by atoms with Crippen LogP contribution in [0.1, 0.15) is 24.0 Å². The molecule has 2 aromatic carbocycles. The van der Waals surface area contributed by atoms with Crippen molar-refractivity contribution in [2.45, 2.75) is 31.7 Å². The summed E-state index contributed by atoms with van der Waals surface area (Å²) in [5.41, 5.74) is 5.12. The molecule has 49 heavy (non-hydrogen) atoms. The summed E-state index contributed by atoms with van der Waals surface area (Å²) < 4.78 is 11.6. The minimum absolute atomic E-state index is 0.112. The predicted octanol–water partition coefficient (Wildman–Crippen LogP) is 4.34. The maximum Gasteiger partial charge on any atom is 0.236 e. The van der Waals surface area contributed by atoms with Crippen LogP contribution in [-0.4, -0.2) is 136 Å². The minimum atomic E-state index is 0.112. The SMILES string of the molecule is COc1cc2c(cc1Nc1ncc(Cl)c(Nc3ccc(N4CCC(N5CCN(C)CC5)CC4)cc3OC)n1)CCN(CC(=O)N(C)C)CC2. The molecule has 0 unspecified atom stereocenters. The molecule has 2 fully saturated rings. The van der Waals surface area contributed by atoms with Gasteiger partial charge in [0.1, 0.15) is 16.5 Å². The minimum Gasteiger partial charge on any atom is -0.495 e. The number of rotatable bonds is 10. The average Bonchev–Trinajstić information content (AvgIpc) is 3.31. The molecule has 2 N–H and O–H groups in total. The van der Waals surface area contributed by atoms with E-state index in [-0.39, 0.29) is 5.91 Å². The third-order valence-electron chi connectivity index (χ3n) is 10.1. The van der Waals surface area contributed by atoms with Gasteiger partial charge in [0.15, 0.2) is 5.82 Å². The zero-order chi connectivity index (χ0) is 34.5. The number of nitrogens with zero attached hydrogens (tertiary/aromatic N) is 7. The third-order valence-corrected chi connectivity index (χ3v) is 10.4. The second kappa shape index (κ2) is 15.8. The summed E-state index contributed by atoms with van der Waals surface area (Å²) in [5.74, 6) is 2.38. The van der Waals surface area contributed by atoms with Crippen LogP contribution < -0.4 is 25.0 Å². The number of halogens is 1. The van der Waals surface area contributed by atoms with Gasteiger partial charge in [-0.15, -0.1) is 0 Å². The number of carbonyl (C=O) groups is 1. The molecule has 13 heteroatoms. The largest absolute Gasteiger partial charge is 0.495 e. The zero-order valence-electron chi connectivity index (χ0n) is 29.5. The normalized spacial score (nSPS) is 18.0. The number of benzene rings is 2. The van der Waals surface area contributed by atoms with Crippen molar-refractivity contribution >= 4 is 46.3 Å². The number of piperazine rings is 1. The first-order chi connectivity index (χ1) is 23.7. The first kappa shape index (κ1) is 35.0. The molecule has 0 aliphatic carbocycles. The van der Waals surface area contributed by atoms with Crippen molar-refractivity contribution in [3.8, 4) is 11.5 Å². The van der Waals surface area contributed by atoms with E-state index >= 15 is 0 Å². The average molecular weight is 692 g/mol. The highest BCUT2D eigenvalue weighted by Gasteiger charge is 2.27. The van der Waals surface area contributed by atoms with Crippen LogP contribution in [0, 0.1) is 0 Å². The Balaban J connectivity index is 1.12. The van der Waals surface area contributed by atoms with Gasteiger partial charge in [-0.2, -0.15) is 4.98 Å². The smallest absolute Gasteiger partial charge is 0.236 e. The highest BCUT2D eigenvalue weighted by molar-refractivity contribution is 6.33. The van der Waals surface area contributed by atoms with Gasteiger partial charge in [-0.25, -0.2) is 4.98 Å². The summed E-state index contributed by atoms with van der Waals surface area (Å²) in [7, 11) is 9.14. The fourth-order valence-corrected chi connectivity index (χ4v) is 7.12. The molecule has 3 aliphatic rings. The van der Waals surface area contributed by atoms with Gasteiger partial charge in [0.25, 0.3) is 0 Å². The van der Waals surface area contributed by atoms with E-state index in [9.17, 15) is 4.79 Å². The van der Waals surface area contributed by atoms with Gasteiger partial charge in [-0.1, -0.05) is 11.6 Å². The van der Waals surface area contributed by atoms with Crippen LogP contribution in [0.3, 0.4) is 0 Å². The van der Waals surface area contributed by atoms with E-state index in [0.717, 1.165) is 74.9 Å². The number of aromatic nitrogens is 2. The Morgan fingerprint density at radius 1 is 0.898 bits per heavy atom. The van der Waals surface area contributed by atoms with Gasteiger partial charge >= 0.3 is 0 Å². The molecular weight excluding hydrogens is 642 g/mol. The van der Waals surface area contributed by atoms with Gasteiger partial charge in [-0.3, -0.25) is 14.6 Å². The molecule has 264 valence electrons. The van der Waals surface area contributed by atoms with Crippen LogP contribution >= 0.6 is 11.6 Å². The van der Waals surface area contributed by atoms with Gasteiger partial charge in [-0.05, 0) is 68.1 Å². The summed E-state index contributed by atoms with van der Waals surface area (Å²) in [6, 6.07) is 11.1. The molecule has 0 atom stereocenters. The summed E-state index contributed by atoms with van der Waals surface area (Å²) in [4.78, 5) is 32.9. The standard InChI is InChI=1S/C36H50ClN9O3/c1-42(2)34(47)24-44-12-8-25-20-31(32(48-4)21-26(25)9-13-44)40-36-38-23-29(37)35(41-36)39-30-7-6-28(22-33(30)49-5)45-14-10-27(11-15-45)46-18-16-43(3)17-19-46/h6-7,20-23,27H,8-19,24H2,1-5H3,(H2,38,39,40,41). The van der Waals surface area contributed by atoms with Crippen molar-refractivity contribution in [1.82, 2.24) is 29.6 Å². The lowest BCUT2D eigenvalue weighted by Gasteiger charge is -2.42. The summed E-state index contributed by atoms with van der Waals surface area (Å²) in [5, 5.41) is 7.12. The molecule has 6 rings (SSSR count). The van der Waals surface area contributed by atoms with Crippen molar-refractivity contribution in [3.05, 3.63) is 52.7 Å². The molecule has 3 aromatic rings. The number of amides is 1. The fourth-order valence-electron chi connectivity index (χ4n) is 6.98. The molecule has 1 amide bonds. The molecule has 0 spiro atoms. The highest BCUT2D eigenvalue weighted by Crippen LogP contribution is 2.36. The number of hydrogen-bond donors (Lipinski definition) is 2. The number of hydrogen-bond acceptors (Lipinski definition) is 11. The molecule has 2 saturated heterocycles. The Bertz CT molecular complexity index is 1610. The molecule has 4 heterocycles. The lowest BCUT2D eigenvalue weighted by Crippen LogP contribution is -2.52. The van der Waals surface area contributed by atoms with E-state index in [1.807, 2.05) is 6.07 Å². The number of fused-ring (bicyclic) bond motifs is 1. The van der Waals surface area contributed by atoms with Crippen molar-refractivity contribution in [3.63, 3.8) is 0 Å². The molecule has 0 saturated carbocycles. The number of carbonyl (C=O) groups excluding carboxylic acids is 1. The topological polar surface area (TPSA) is 102 Å². The van der Waals surface area contributed by atoms with E-state index in [1.165, 1.54) is 37.1 Å². The monoisotopic (exact) mass is 691 g/mol. The number of likely N-dealkylation sites (N-methyl/N-ethyl adjacent to an activating group) is 2. The van der Waals surface area contributed by atoms with Gasteiger partial charge in [0.05, 0.1) is 38.3 Å². The van der Waals surface area contributed by atoms with Crippen molar-refractivity contribution in [1.29, 1.82) is 0 Å². The van der Waals surface area contributed by atoms with Crippen molar-refractivity contribution < 1.29 is 14.3 Å². The Hall–Kier alpha value is -3.84. The van der Waals surface area contributed by atoms with Crippen LogP contribution in [-0.2, 0) is 17.6 Å². The Kier molecular flexibility index (Phi) is 11.3. The Morgan fingerprint density at radius 3 is 2.24 bits per heavy atom. The van der Waals surface area contributed by atoms with E-state index in [2.05, 4.69) is 66.5 Å². The van der Waals surface area contributed by atoms with Crippen LogP contribution in [0.15, 0.2) is 36.5 Å². The first-order valence-corrected chi connectivity index (χ1v) is 17.6. The Labute approximate surface area is 295 Å². The van der Waals surface area contributed by atoms with Crippen LogP contribution in [0.4, 0.5) is 28.8 Å². The first-order valence-electron chi connectivity index (χ1n) is 17.2. The molecule has 0 radical (unpaired) electrons. The van der Waals surface area contributed by atoms with E-state index < -0.39 is 0 Å². The third kappa shape index (κ3) is 8.49. The predicted molar refractivity (Wildman–Crippen MR) is 196 cm³/mol. The molecule has 3 aliphatic heterocycles. The second-order valence-corrected chi connectivity index (χ2v) is 13.9. The zero-order valence-corrected chi connectivity index (χ0v) is 30.2. The van der Waals surface area contributed by atoms with Crippen LogP contribution in [0.5, 0.6) is 11.5 Å². The lowest BCUT2D eigenvalue weighted by molar-refractivity contribution is -0.129. The number of piperidine rings is 1. The quantitative estimate of drug-likeness (QED) is 0.318. The fraction of sp³-hybridized carbons (Fsp3) is 0.528. The second-order valence-electron chi connectivity index (χ2n) is 13.5. The number of ether oxygens (including phenoxy) is 2. The van der Waals surface area contributed by atoms with Crippen molar-refractivity contribution in [2.75, 3.05) is 110 Å². The maximum absolute atomic E-state index is 12.3. The summed E-state index contributed by atoms with van der Waals surface area (Å²) in [6.45, 7) is 8.74. The van der Waals surface area contributed by atoms with Gasteiger partial charge in [0.2, 0.25) is 11.9 Å². The highest BCUT2D eigenvalue weighted by atomic mass is 35.5. The maximum atomic E-state index is 12.3. The molecule has 1 aromatic heterocycles. The van der Waals surface area contributed by atoms with E-state index in [4.69, 9.17) is 26.1 Å². The van der Waals surface area contributed by atoms with Crippen molar-refractivity contribution in [2.24, 2.45) is 0 Å². The number of methoxy groups -OCH3 is 2. The van der Waals surface area contributed by atoms with Crippen LogP contribution in [0.2, 0.25) is 5.02 Å². The van der Waals surface area contributed by atoms with E-state index in [0.29, 0.717) is 35.1 Å². The lowest BCUT2D eigenvalue weighted by atomic mass is 10.0. The van der Waals surface area contributed by atoms with Gasteiger partial charge < -0.3 is 34.8 Å². The molecular formula is C36H50ClN9O3.